The van der Waals surface area contributed by atoms with Gasteiger partial charge in [-0.15, -0.1) is 10.2 Å². The van der Waals surface area contributed by atoms with Crippen molar-refractivity contribution >= 4 is 5.71 Å². The number of aliphatic hydroxyl groups is 1. The Bertz CT molecular complexity index is 688. The zero-order chi connectivity index (χ0) is 15.6. The quantitative estimate of drug-likeness (QED) is 0.934. The predicted octanol–water partition coefficient (Wildman–Crippen LogP) is 1.93. The SMILES string of the molecule is COc1ccc(-c2ccc(C3=NOC(O)(CF)C3)cc2)nn1. The van der Waals surface area contributed by atoms with Crippen molar-refractivity contribution in [2.45, 2.75) is 12.2 Å². The van der Waals surface area contributed by atoms with Gasteiger partial charge in [0.2, 0.25) is 5.88 Å². The summed E-state index contributed by atoms with van der Waals surface area (Å²) in [7, 11) is 1.53. The number of rotatable bonds is 4. The lowest BCUT2D eigenvalue weighted by molar-refractivity contribution is -0.193. The molecule has 1 aliphatic heterocycles. The normalized spacial score (nSPS) is 20.4. The molecular formula is C15H14FN3O3. The molecule has 3 rings (SSSR count). The first-order valence-electron chi connectivity index (χ1n) is 6.65. The minimum atomic E-state index is -1.84. The van der Waals surface area contributed by atoms with E-state index in [1.165, 1.54) is 7.11 Å². The predicted molar refractivity (Wildman–Crippen MR) is 77.2 cm³/mol. The summed E-state index contributed by atoms with van der Waals surface area (Å²) >= 11 is 0. The molecule has 0 fully saturated rings. The van der Waals surface area contributed by atoms with Gasteiger partial charge in [0, 0.05) is 11.6 Å². The van der Waals surface area contributed by atoms with E-state index in [1.807, 2.05) is 24.3 Å². The minimum Gasteiger partial charge on any atom is -0.480 e. The maximum Gasteiger partial charge on any atom is 0.268 e. The summed E-state index contributed by atoms with van der Waals surface area (Å²) in [5.74, 6) is -1.39. The first-order valence-corrected chi connectivity index (χ1v) is 6.65. The van der Waals surface area contributed by atoms with E-state index in [0.717, 1.165) is 11.1 Å². The van der Waals surface area contributed by atoms with E-state index >= 15 is 0 Å². The Labute approximate surface area is 126 Å². The molecule has 0 bridgehead atoms. The van der Waals surface area contributed by atoms with Crippen molar-refractivity contribution in [1.29, 1.82) is 0 Å². The van der Waals surface area contributed by atoms with Gasteiger partial charge in [-0.25, -0.2) is 4.39 Å². The molecule has 2 heterocycles. The van der Waals surface area contributed by atoms with Gasteiger partial charge < -0.3 is 14.7 Å². The van der Waals surface area contributed by atoms with E-state index in [9.17, 15) is 9.50 Å². The number of ether oxygens (including phenoxy) is 1. The number of aromatic nitrogens is 2. The Morgan fingerprint density at radius 3 is 2.45 bits per heavy atom. The van der Waals surface area contributed by atoms with E-state index in [1.54, 1.807) is 12.1 Å². The zero-order valence-electron chi connectivity index (χ0n) is 11.9. The molecule has 7 heteroatoms. The number of methoxy groups -OCH3 is 1. The summed E-state index contributed by atoms with van der Waals surface area (Å²) in [6.45, 7) is -1.00. The molecule has 114 valence electrons. The minimum absolute atomic E-state index is 0.0190. The van der Waals surface area contributed by atoms with Gasteiger partial charge in [-0.05, 0) is 11.6 Å². The van der Waals surface area contributed by atoms with Crippen LogP contribution in [-0.2, 0) is 4.84 Å². The molecule has 1 aromatic heterocycles. The summed E-state index contributed by atoms with van der Waals surface area (Å²) in [6.07, 6.45) is 0.0190. The van der Waals surface area contributed by atoms with Gasteiger partial charge in [0.15, 0.2) is 6.67 Å². The first kappa shape index (κ1) is 14.4. The monoisotopic (exact) mass is 303 g/mol. The third-order valence-electron chi connectivity index (χ3n) is 3.34. The van der Waals surface area contributed by atoms with Gasteiger partial charge >= 0.3 is 0 Å². The highest BCUT2D eigenvalue weighted by molar-refractivity contribution is 6.01. The lowest BCUT2D eigenvalue weighted by Gasteiger charge is -2.14. The largest absolute Gasteiger partial charge is 0.480 e. The van der Waals surface area contributed by atoms with Crippen LogP contribution >= 0.6 is 0 Å². The van der Waals surface area contributed by atoms with Crippen molar-refractivity contribution in [2.24, 2.45) is 5.16 Å². The van der Waals surface area contributed by atoms with Gasteiger partial charge in [-0.1, -0.05) is 29.4 Å². The Morgan fingerprint density at radius 1 is 1.18 bits per heavy atom. The first-order chi connectivity index (χ1) is 10.6. The maximum atomic E-state index is 12.6. The van der Waals surface area contributed by atoms with Gasteiger partial charge in [0.05, 0.1) is 24.9 Å². The van der Waals surface area contributed by atoms with Crippen LogP contribution < -0.4 is 4.74 Å². The van der Waals surface area contributed by atoms with E-state index < -0.39 is 12.5 Å². The molecular weight excluding hydrogens is 289 g/mol. The van der Waals surface area contributed by atoms with E-state index in [2.05, 4.69) is 15.4 Å². The lowest BCUT2D eigenvalue weighted by atomic mass is 10.0. The van der Waals surface area contributed by atoms with Gasteiger partial charge in [-0.3, -0.25) is 0 Å². The fourth-order valence-corrected chi connectivity index (χ4v) is 2.11. The van der Waals surface area contributed by atoms with Crippen LogP contribution in [0.4, 0.5) is 4.39 Å². The number of halogens is 1. The number of nitrogens with zero attached hydrogens (tertiary/aromatic N) is 3. The molecule has 0 aliphatic carbocycles. The van der Waals surface area contributed by atoms with Gasteiger partial charge in [0.1, 0.15) is 0 Å². The average molecular weight is 303 g/mol. The Balaban J connectivity index is 1.78. The van der Waals surface area contributed by atoms with Crippen molar-refractivity contribution in [3.63, 3.8) is 0 Å². The number of oxime groups is 1. The smallest absolute Gasteiger partial charge is 0.268 e. The third-order valence-corrected chi connectivity index (χ3v) is 3.34. The molecule has 1 atom stereocenters. The second-order valence-electron chi connectivity index (χ2n) is 4.92. The molecule has 2 aromatic rings. The molecule has 0 saturated heterocycles. The third kappa shape index (κ3) is 2.75. The molecule has 0 spiro atoms. The van der Waals surface area contributed by atoms with Crippen molar-refractivity contribution in [3.05, 3.63) is 42.0 Å². The zero-order valence-corrected chi connectivity index (χ0v) is 11.9. The van der Waals surface area contributed by atoms with Crippen molar-refractivity contribution < 1.29 is 19.1 Å². The van der Waals surface area contributed by atoms with E-state index in [-0.39, 0.29) is 6.42 Å². The summed E-state index contributed by atoms with van der Waals surface area (Å²) in [5.41, 5.74) is 2.85. The number of alkyl halides is 1. The fourth-order valence-electron chi connectivity index (χ4n) is 2.11. The molecule has 1 N–H and O–H groups in total. The lowest BCUT2D eigenvalue weighted by Crippen LogP contribution is -2.31. The van der Waals surface area contributed by atoms with Crippen LogP contribution in [0.1, 0.15) is 12.0 Å². The summed E-state index contributed by atoms with van der Waals surface area (Å²) < 4.78 is 17.6. The van der Waals surface area contributed by atoms with Crippen LogP contribution in [0.25, 0.3) is 11.3 Å². The molecule has 0 radical (unpaired) electrons. The summed E-state index contributed by atoms with van der Waals surface area (Å²) in [5, 5.41) is 21.4. The average Bonchev–Trinajstić information content (AvgIpc) is 2.98. The van der Waals surface area contributed by atoms with Crippen molar-refractivity contribution in [3.8, 4) is 17.1 Å². The fraction of sp³-hybridized carbons (Fsp3) is 0.267. The number of benzene rings is 1. The van der Waals surface area contributed by atoms with Crippen molar-refractivity contribution in [1.82, 2.24) is 10.2 Å². The van der Waals surface area contributed by atoms with Crippen LogP contribution in [0.15, 0.2) is 41.6 Å². The molecule has 1 aliphatic rings. The second-order valence-corrected chi connectivity index (χ2v) is 4.92. The van der Waals surface area contributed by atoms with Gasteiger partial charge in [-0.2, -0.15) is 0 Å². The van der Waals surface area contributed by atoms with Crippen LogP contribution in [0.3, 0.4) is 0 Å². The highest BCUT2D eigenvalue weighted by Crippen LogP contribution is 2.26. The molecule has 1 unspecified atom stereocenters. The number of hydrogen-bond acceptors (Lipinski definition) is 6. The van der Waals surface area contributed by atoms with Crippen molar-refractivity contribution in [2.75, 3.05) is 13.8 Å². The molecule has 6 nitrogen and oxygen atoms in total. The Hall–Kier alpha value is -2.54. The molecule has 0 amide bonds. The van der Waals surface area contributed by atoms with Gasteiger partial charge in [0.25, 0.3) is 5.79 Å². The standard InChI is InChI=1S/C15H14FN3O3/c1-21-14-7-6-12(17-18-14)10-2-4-11(5-3-10)13-8-15(20,9-16)22-19-13/h2-7,20H,8-9H2,1H3. The highest BCUT2D eigenvalue weighted by atomic mass is 19.1. The van der Waals surface area contributed by atoms with Crippen LogP contribution in [0.5, 0.6) is 5.88 Å². The highest BCUT2D eigenvalue weighted by Gasteiger charge is 2.37. The van der Waals surface area contributed by atoms with E-state index in [4.69, 9.17) is 9.57 Å². The maximum absolute atomic E-state index is 12.6. The van der Waals surface area contributed by atoms with Crippen LogP contribution in [-0.4, -0.2) is 40.6 Å². The van der Waals surface area contributed by atoms with Crippen LogP contribution in [0.2, 0.25) is 0 Å². The Morgan fingerprint density at radius 2 is 1.91 bits per heavy atom. The summed E-state index contributed by atoms with van der Waals surface area (Å²) in [4.78, 5) is 4.73. The molecule has 0 saturated carbocycles. The van der Waals surface area contributed by atoms with E-state index in [0.29, 0.717) is 17.3 Å². The molecule has 1 aromatic carbocycles. The topological polar surface area (TPSA) is 76.8 Å². The summed E-state index contributed by atoms with van der Waals surface area (Å²) in [6, 6.07) is 10.9. The number of hydrogen-bond donors (Lipinski definition) is 1. The molecule has 22 heavy (non-hydrogen) atoms. The van der Waals surface area contributed by atoms with Crippen LogP contribution in [0, 0.1) is 0 Å². The second kappa shape index (κ2) is 5.69. The Kier molecular flexibility index (Phi) is 3.72.